The lowest BCUT2D eigenvalue weighted by atomic mass is 9.84. The molecule has 0 aliphatic carbocycles. The number of hydrogen-bond acceptors (Lipinski definition) is 5. The Hall–Kier alpha value is -3.94. The number of halogens is 1. The normalized spacial score (nSPS) is 18.2. The van der Waals surface area contributed by atoms with Gasteiger partial charge in [0, 0.05) is 23.7 Å². The molecular formula is C29H23ClN2O5. The van der Waals surface area contributed by atoms with Crippen molar-refractivity contribution in [3.8, 4) is 0 Å². The van der Waals surface area contributed by atoms with E-state index in [1.165, 1.54) is 11.0 Å². The lowest BCUT2D eigenvalue weighted by Crippen LogP contribution is -2.53. The smallest absolute Gasteiger partial charge is 0.291 e. The first-order valence-electron chi connectivity index (χ1n) is 12.0. The van der Waals surface area contributed by atoms with E-state index in [1.54, 1.807) is 29.2 Å². The maximum Gasteiger partial charge on any atom is 0.291 e. The third kappa shape index (κ3) is 3.21. The average Bonchev–Trinajstić information content (AvgIpc) is 3.29. The molecule has 3 aromatic carbocycles. The number of anilines is 1. The highest BCUT2D eigenvalue weighted by atomic mass is 35.5. The standard InChI is InChI=1S/C29H23ClN2O5/c1-17-7-2-3-8-18(17)16-31-22-10-5-4-9-21(22)29(28(31)36)24-25(34)20-15-19(30)11-12-23(20)37-26(24)27(35)32(29)13-6-14-33/h2-5,7-12,15,33H,6,13-14,16H2,1H3. The van der Waals surface area contributed by atoms with Crippen LogP contribution in [0.4, 0.5) is 5.69 Å². The minimum absolute atomic E-state index is 0.00469. The Balaban J connectivity index is 1.66. The van der Waals surface area contributed by atoms with Crippen LogP contribution in [0.1, 0.15) is 39.2 Å². The fourth-order valence-corrected chi connectivity index (χ4v) is 5.78. The molecule has 3 heterocycles. The third-order valence-electron chi connectivity index (χ3n) is 7.33. The molecule has 1 atom stereocenters. The second-order valence-electron chi connectivity index (χ2n) is 9.36. The van der Waals surface area contributed by atoms with Gasteiger partial charge in [-0.25, -0.2) is 0 Å². The van der Waals surface area contributed by atoms with Crippen molar-refractivity contribution in [2.45, 2.75) is 25.4 Å². The van der Waals surface area contributed by atoms with Crippen LogP contribution >= 0.6 is 11.6 Å². The number of hydrogen-bond donors (Lipinski definition) is 1. The zero-order valence-electron chi connectivity index (χ0n) is 20.0. The summed E-state index contributed by atoms with van der Waals surface area (Å²) in [7, 11) is 0. The monoisotopic (exact) mass is 514 g/mol. The van der Waals surface area contributed by atoms with Crippen molar-refractivity contribution in [2.75, 3.05) is 18.1 Å². The predicted octanol–water partition coefficient (Wildman–Crippen LogP) is 4.38. The van der Waals surface area contributed by atoms with Gasteiger partial charge in [-0.15, -0.1) is 0 Å². The van der Waals surface area contributed by atoms with Crippen molar-refractivity contribution in [3.05, 3.63) is 110 Å². The second kappa shape index (κ2) is 8.57. The number of rotatable bonds is 5. The second-order valence-corrected chi connectivity index (χ2v) is 9.79. The molecule has 186 valence electrons. The number of carbonyl (C=O) groups is 2. The molecule has 0 saturated carbocycles. The number of carbonyl (C=O) groups excluding carboxylic acids is 2. The quantitative estimate of drug-likeness (QED) is 0.427. The van der Waals surface area contributed by atoms with Crippen molar-refractivity contribution in [3.63, 3.8) is 0 Å². The van der Waals surface area contributed by atoms with E-state index in [9.17, 15) is 19.5 Å². The molecule has 2 aliphatic heterocycles. The number of aryl methyl sites for hydroxylation is 1. The highest BCUT2D eigenvalue weighted by Gasteiger charge is 2.64. The summed E-state index contributed by atoms with van der Waals surface area (Å²) in [5.74, 6) is -1.12. The molecule has 0 saturated heterocycles. The lowest BCUT2D eigenvalue weighted by molar-refractivity contribution is -0.126. The Morgan fingerprint density at radius 3 is 2.54 bits per heavy atom. The Labute approximate surface area is 217 Å². The molecule has 7 nitrogen and oxygen atoms in total. The zero-order chi connectivity index (χ0) is 25.9. The largest absolute Gasteiger partial charge is 0.450 e. The van der Waals surface area contributed by atoms with Crippen molar-refractivity contribution in [1.29, 1.82) is 0 Å². The van der Waals surface area contributed by atoms with Gasteiger partial charge in [0.2, 0.25) is 5.76 Å². The molecule has 2 amide bonds. The van der Waals surface area contributed by atoms with Crippen LogP contribution in [0, 0.1) is 6.92 Å². The number of amides is 2. The zero-order valence-corrected chi connectivity index (χ0v) is 20.8. The van der Waals surface area contributed by atoms with Crippen LogP contribution in [0.25, 0.3) is 11.0 Å². The van der Waals surface area contributed by atoms with Crippen molar-refractivity contribution >= 4 is 40.1 Å². The van der Waals surface area contributed by atoms with E-state index >= 15 is 0 Å². The molecule has 1 unspecified atom stereocenters. The molecule has 4 aromatic rings. The molecule has 2 aliphatic rings. The third-order valence-corrected chi connectivity index (χ3v) is 7.56. The van der Waals surface area contributed by atoms with Crippen molar-refractivity contribution in [2.24, 2.45) is 0 Å². The van der Waals surface area contributed by atoms with Crippen LogP contribution in [0.5, 0.6) is 0 Å². The van der Waals surface area contributed by atoms with E-state index in [-0.39, 0.29) is 48.4 Å². The van der Waals surface area contributed by atoms with E-state index in [4.69, 9.17) is 16.0 Å². The summed E-state index contributed by atoms with van der Waals surface area (Å²) in [6.07, 6.45) is 0.230. The Morgan fingerprint density at radius 2 is 1.76 bits per heavy atom. The molecule has 0 radical (unpaired) electrons. The Kier molecular flexibility index (Phi) is 5.44. The summed E-state index contributed by atoms with van der Waals surface area (Å²) in [5, 5.41) is 10.1. The van der Waals surface area contributed by atoms with Gasteiger partial charge in [0.1, 0.15) is 5.58 Å². The maximum absolute atomic E-state index is 14.6. The fraction of sp³-hybridized carbons (Fsp3) is 0.207. The van der Waals surface area contributed by atoms with Crippen molar-refractivity contribution in [1.82, 2.24) is 4.90 Å². The lowest BCUT2D eigenvalue weighted by Gasteiger charge is -2.34. The van der Waals surface area contributed by atoms with Gasteiger partial charge >= 0.3 is 0 Å². The van der Waals surface area contributed by atoms with Gasteiger partial charge in [0.25, 0.3) is 11.8 Å². The predicted molar refractivity (Wildman–Crippen MR) is 140 cm³/mol. The molecule has 0 fully saturated rings. The number of aliphatic hydroxyl groups is 1. The maximum atomic E-state index is 14.6. The van der Waals surface area contributed by atoms with Crippen molar-refractivity contribution < 1.29 is 19.1 Å². The summed E-state index contributed by atoms with van der Waals surface area (Å²) in [6.45, 7) is 2.13. The van der Waals surface area contributed by atoms with Gasteiger partial charge in [0.15, 0.2) is 11.0 Å². The first-order chi connectivity index (χ1) is 17.9. The van der Waals surface area contributed by atoms with Crippen LogP contribution in [0.15, 0.2) is 75.9 Å². The molecular weight excluding hydrogens is 492 g/mol. The first kappa shape index (κ1) is 23.5. The van der Waals surface area contributed by atoms with Gasteiger partial charge in [-0.3, -0.25) is 14.4 Å². The van der Waals surface area contributed by atoms with Gasteiger partial charge < -0.3 is 19.3 Å². The Morgan fingerprint density at radius 1 is 1.00 bits per heavy atom. The van der Waals surface area contributed by atoms with E-state index in [0.29, 0.717) is 16.3 Å². The molecule has 1 aromatic heterocycles. The average molecular weight is 515 g/mol. The van der Waals surface area contributed by atoms with Crippen LogP contribution in [0.2, 0.25) is 5.02 Å². The van der Waals surface area contributed by atoms with Gasteiger partial charge in [-0.1, -0.05) is 54.1 Å². The molecule has 1 spiro atoms. The molecule has 1 N–H and O–H groups in total. The van der Waals surface area contributed by atoms with Gasteiger partial charge in [0.05, 0.1) is 23.2 Å². The minimum atomic E-state index is -1.71. The van der Waals surface area contributed by atoms with Crippen LogP contribution in [-0.4, -0.2) is 35.0 Å². The first-order valence-corrected chi connectivity index (χ1v) is 12.4. The number of aliphatic hydroxyl groups excluding tert-OH is 1. The number of nitrogens with zero attached hydrogens (tertiary/aromatic N) is 2. The number of benzene rings is 3. The summed E-state index contributed by atoms with van der Waals surface area (Å²) in [4.78, 5) is 45.5. The fourth-order valence-electron chi connectivity index (χ4n) is 5.61. The summed E-state index contributed by atoms with van der Waals surface area (Å²) in [5.41, 5.74) is 1.16. The van der Waals surface area contributed by atoms with E-state index in [2.05, 4.69) is 0 Å². The van der Waals surface area contributed by atoms with Crippen LogP contribution < -0.4 is 10.3 Å². The van der Waals surface area contributed by atoms with E-state index in [1.807, 2.05) is 43.3 Å². The van der Waals surface area contributed by atoms with E-state index in [0.717, 1.165) is 11.1 Å². The number of para-hydroxylation sites is 1. The summed E-state index contributed by atoms with van der Waals surface area (Å²) in [6, 6.07) is 19.6. The summed E-state index contributed by atoms with van der Waals surface area (Å²) >= 11 is 6.20. The Bertz CT molecular complexity index is 1660. The van der Waals surface area contributed by atoms with E-state index < -0.39 is 22.8 Å². The molecule has 8 heteroatoms. The topological polar surface area (TPSA) is 91.1 Å². The molecule has 0 bridgehead atoms. The SMILES string of the molecule is Cc1ccccc1CN1C(=O)C2(c3ccccc31)c1c(oc3ccc(Cl)cc3c1=O)C(=O)N2CCCO. The number of fused-ring (bicyclic) bond motifs is 5. The van der Waals surface area contributed by atoms with Gasteiger partial charge in [-0.2, -0.15) is 0 Å². The highest BCUT2D eigenvalue weighted by molar-refractivity contribution is 6.31. The van der Waals surface area contributed by atoms with Crippen LogP contribution in [0.3, 0.4) is 0 Å². The summed E-state index contributed by atoms with van der Waals surface area (Å²) < 4.78 is 6.00. The highest BCUT2D eigenvalue weighted by Crippen LogP contribution is 2.53. The van der Waals surface area contributed by atoms with Crippen LogP contribution in [-0.2, 0) is 16.9 Å². The van der Waals surface area contributed by atoms with Gasteiger partial charge in [-0.05, 0) is 48.7 Å². The minimum Gasteiger partial charge on any atom is -0.450 e. The molecule has 37 heavy (non-hydrogen) atoms. The molecule has 6 rings (SSSR count).